The molecule has 2 saturated heterocycles. The Labute approximate surface area is 95.4 Å². The van der Waals surface area contributed by atoms with Crippen LogP contribution < -0.4 is 5.32 Å². The van der Waals surface area contributed by atoms with Crippen molar-refractivity contribution in [2.24, 2.45) is 5.92 Å². The Morgan fingerprint density at radius 2 is 1.88 bits per heavy atom. The third-order valence-electron chi connectivity index (χ3n) is 4.25. The van der Waals surface area contributed by atoms with Gasteiger partial charge in [0.1, 0.15) is 6.04 Å². The van der Waals surface area contributed by atoms with Gasteiger partial charge in [0.15, 0.2) is 0 Å². The molecular weight excluding hydrogens is 204 g/mol. The zero-order valence-corrected chi connectivity index (χ0v) is 9.45. The van der Waals surface area contributed by atoms with E-state index in [-0.39, 0.29) is 29.8 Å². The van der Waals surface area contributed by atoms with Gasteiger partial charge in [-0.2, -0.15) is 0 Å². The number of fused-ring (bicyclic) bond motifs is 2. The topological polar surface area (TPSA) is 49.4 Å². The summed E-state index contributed by atoms with van der Waals surface area (Å²) in [5.74, 6) is 0.367. The van der Waals surface area contributed by atoms with Crippen LogP contribution >= 0.6 is 0 Å². The maximum Gasteiger partial charge on any atom is 0.243 e. The predicted molar refractivity (Wildman–Crippen MR) is 58.6 cm³/mol. The molecule has 2 amide bonds. The molecule has 0 radical (unpaired) electrons. The number of carbonyl (C=O) groups excluding carboxylic acids is 2. The van der Waals surface area contributed by atoms with Crippen molar-refractivity contribution >= 4 is 11.8 Å². The Morgan fingerprint density at radius 1 is 1.06 bits per heavy atom. The average molecular weight is 222 g/mol. The van der Waals surface area contributed by atoms with Crippen molar-refractivity contribution in [3.63, 3.8) is 0 Å². The fourth-order valence-corrected chi connectivity index (χ4v) is 3.39. The molecule has 4 nitrogen and oxygen atoms in total. The minimum absolute atomic E-state index is 0.0563. The van der Waals surface area contributed by atoms with Crippen LogP contribution in [0, 0.1) is 5.92 Å². The zero-order chi connectivity index (χ0) is 11.1. The fourth-order valence-electron chi connectivity index (χ4n) is 3.39. The lowest BCUT2D eigenvalue weighted by molar-refractivity contribution is -0.139. The zero-order valence-electron chi connectivity index (χ0n) is 9.45. The van der Waals surface area contributed by atoms with Crippen molar-refractivity contribution in [2.75, 3.05) is 6.54 Å². The normalized spacial score (nSPS) is 38.8. The summed E-state index contributed by atoms with van der Waals surface area (Å²) in [6.45, 7) is 0.778. The van der Waals surface area contributed by atoms with Crippen molar-refractivity contribution in [3.8, 4) is 0 Å². The molecule has 1 N–H and O–H groups in total. The minimum Gasteiger partial charge on any atom is -0.351 e. The number of nitrogens with one attached hydrogen (secondary N) is 1. The van der Waals surface area contributed by atoms with Gasteiger partial charge >= 0.3 is 0 Å². The maximum atomic E-state index is 12.3. The monoisotopic (exact) mass is 222 g/mol. The highest BCUT2D eigenvalue weighted by atomic mass is 16.2. The van der Waals surface area contributed by atoms with Gasteiger partial charge in [0.05, 0.1) is 5.92 Å². The first-order valence-electron chi connectivity index (χ1n) is 6.38. The van der Waals surface area contributed by atoms with E-state index in [1.807, 2.05) is 4.90 Å². The van der Waals surface area contributed by atoms with E-state index in [4.69, 9.17) is 0 Å². The molecule has 0 unspecified atom stereocenters. The van der Waals surface area contributed by atoms with Crippen LogP contribution in [-0.2, 0) is 9.59 Å². The molecule has 3 atom stereocenters. The second kappa shape index (κ2) is 3.75. The largest absolute Gasteiger partial charge is 0.351 e. The van der Waals surface area contributed by atoms with Gasteiger partial charge in [-0.1, -0.05) is 12.8 Å². The first kappa shape index (κ1) is 10.1. The first-order chi connectivity index (χ1) is 7.77. The SMILES string of the molecule is O=C1N[C@H]2CCCC[C@H]2C(=O)N2CCC[C@@H]12. The summed E-state index contributed by atoms with van der Waals surface area (Å²) < 4.78 is 0. The van der Waals surface area contributed by atoms with E-state index >= 15 is 0 Å². The Morgan fingerprint density at radius 3 is 2.75 bits per heavy atom. The van der Waals surface area contributed by atoms with Crippen molar-refractivity contribution in [3.05, 3.63) is 0 Å². The summed E-state index contributed by atoms with van der Waals surface area (Å²) in [7, 11) is 0. The third kappa shape index (κ3) is 1.43. The van der Waals surface area contributed by atoms with E-state index in [1.165, 1.54) is 0 Å². The summed E-state index contributed by atoms with van der Waals surface area (Å²) in [5, 5.41) is 3.08. The number of hydrogen-bond acceptors (Lipinski definition) is 2. The molecule has 3 fully saturated rings. The van der Waals surface area contributed by atoms with Crippen LogP contribution in [0.15, 0.2) is 0 Å². The van der Waals surface area contributed by atoms with Crippen LogP contribution in [0.25, 0.3) is 0 Å². The van der Waals surface area contributed by atoms with E-state index in [1.54, 1.807) is 0 Å². The van der Waals surface area contributed by atoms with Gasteiger partial charge < -0.3 is 10.2 Å². The number of hydrogen-bond donors (Lipinski definition) is 1. The highest BCUT2D eigenvalue weighted by molar-refractivity contribution is 5.92. The van der Waals surface area contributed by atoms with E-state index < -0.39 is 0 Å². The van der Waals surface area contributed by atoms with E-state index in [9.17, 15) is 9.59 Å². The Hall–Kier alpha value is -1.06. The van der Waals surface area contributed by atoms with Gasteiger partial charge in [-0.25, -0.2) is 0 Å². The molecule has 0 aromatic rings. The summed E-state index contributed by atoms with van der Waals surface area (Å²) in [5.41, 5.74) is 0. The van der Waals surface area contributed by atoms with Gasteiger partial charge in [-0.15, -0.1) is 0 Å². The van der Waals surface area contributed by atoms with E-state index in [0.717, 1.165) is 45.1 Å². The number of carbonyl (C=O) groups is 2. The van der Waals surface area contributed by atoms with Crippen LogP contribution in [0.1, 0.15) is 38.5 Å². The molecule has 88 valence electrons. The second-order valence-corrected chi connectivity index (χ2v) is 5.20. The smallest absolute Gasteiger partial charge is 0.243 e. The molecule has 3 aliphatic rings. The second-order valence-electron chi connectivity index (χ2n) is 5.20. The maximum absolute atomic E-state index is 12.3. The van der Waals surface area contributed by atoms with Gasteiger partial charge in [-0.3, -0.25) is 9.59 Å². The molecule has 0 aromatic heterocycles. The highest BCUT2D eigenvalue weighted by Gasteiger charge is 2.44. The molecular formula is C12H18N2O2. The average Bonchev–Trinajstić information content (AvgIpc) is 2.74. The van der Waals surface area contributed by atoms with Crippen LogP contribution in [0.4, 0.5) is 0 Å². The van der Waals surface area contributed by atoms with E-state index in [0.29, 0.717) is 0 Å². The van der Waals surface area contributed by atoms with Gasteiger partial charge in [0.25, 0.3) is 0 Å². The molecule has 4 heteroatoms. The molecule has 0 spiro atoms. The Kier molecular flexibility index (Phi) is 2.37. The lowest BCUT2D eigenvalue weighted by Gasteiger charge is -2.30. The van der Waals surface area contributed by atoms with Crippen molar-refractivity contribution in [2.45, 2.75) is 50.6 Å². The van der Waals surface area contributed by atoms with Crippen molar-refractivity contribution < 1.29 is 9.59 Å². The van der Waals surface area contributed by atoms with Crippen molar-refractivity contribution in [1.29, 1.82) is 0 Å². The summed E-state index contributed by atoms with van der Waals surface area (Å²) in [6.07, 6.45) is 6.01. The highest BCUT2D eigenvalue weighted by Crippen LogP contribution is 2.32. The Bertz CT molecular complexity index is 329. The summed E-state index contributed by atoms with van der Waals surface area (Å²) >= 11 is 0. The van der Waals surface area contributed by atoms with Crippen LogP contribution in [0.5, 0.6) is 0 Å². The predicted octanol–water partition coefficient (Wildman–Crippen LogP) is 0.666. The number of amides is 2. The standard InChI is InChI=1S/C12H18N2O2/c15-11-10-6-3-7-14(10)12(16)8-4-1-2-5-9(8)13-11/h8-10H,1-7H2,(H,13,15)/t8-,9+,10+/m1/s1. The molecule has 0 bridgehead atoms. The molecule has 2 aliphatic heterocycles. The number of rotatable bonds is 0. The lowest BCUT2D eigenvalue weighted by atomic mass is 9.84. The van der Waals surface area contributed by atoms with Crippen LogP contribution in [-0.4, -0.2) is 35.3 Å². The third-order valence-corrected chi connectivity index (χ3v) is 4.25. The van der Waals surface area contributed by atoms with Gasteiger partial charge in [0, 0.05) is 12.6 Å². The molecule has 16 heavy (non-hydrogen) atoms. The fraction of sp³-hybridized carbons (Fsp3) is 0.833. The lowest BCUT2D eigenvalue weighted by Crippen LogP contribution is -2.43. The molecule has 2 heterocycles. The number of nitrogens with zero attached hydrogens (tertiary/aromatic N) is 1. The van der Waals surface area contributed by atoms with Gasteiger partial charge in [-0.05, 0) is 25.7 Å². The van der Waals surface area contributed by atoms with Gasteiger partial charge in [0.2, 0.25) is 11.8 Å². The molecule has 0 aromatic carbocycles. The molecule has 1 saturated carbocycles. The Balaban J connectivity index is 1.90. The first-order valence-corrected chi connectivity index (χ1v) is 6.38. The van der Waals surface area contributed by atoms with Crippen LogP contribution in [0.3, 0.4) is 0 Å². The van der Waals surface area contributed by atoms with E-state index in [2.05, 4.69) is 5.32 Å². The van der Waals surface area contributed by atoms with Crippen LogP contribution in [0.2, 0.25) is 0 Å². The van der Waals surface area contributed by atoms with Crippen molar-refractivity contribution in [1.82, 2.24) is 10.2 Å². The summed E-state index contributed by atoms with van der Waals surface area (Å²) in [6, 6.07) is -0.0579. The molecule has 3 rings (SSSR count). The quantitative estimate of drug-likeness (QED) is 0.655. The minimum atomic E-state index is -0.168. The molecule has 1 aliphatic carbocycles. The summed E-state index contributed by atoms with van der Waals surface area (Å²) in [4.78, 5) is 26.2.